The van der Waals surface area contributed by atoms with Crippen LogP contribution < -0.4 is 16.6 Å². The predicted molar refractivity (Wildman–Crippen MR) is 177 cm³/mol. The minimum atomic E-state index is -5.26. The molecular weight excluding hydrogens is 752 g/mol. The van der Waals surface area contributed by atoms with Crippen molar-refractivity contribution in [2.24, 2.45) is 5.92 Å². The summed E-state index contributed by atoms with van der Waals surface area (Å²) in [6.07, 6.45) is -7.99. The number of ether oxygens (including phenoxy) is 7. The standard InChI is InChI=1S/C31H47FN3O18P/c1-16(2)20(34-25(39)52-28(7,8)9)21(37)50-31-22(30(31,13-32)51-23(29(31,10)42)35-12-11-19(36)33-24(35)38)53-54(43,46-14-44-26(40)48-17(3)4)47-15-45-27(41)49-18(5)6/h11-12,16-18,20,22-23,42H,13-15H2,1-10H3,(H,34,39)(H,33,36,38)/t20-,22?,23-,29+,30?,31+/m1/s1. The van der Waals surface area contributed by atoms with Crippen LogP contribution in [-0.2, 0) is 56.1 Å². The molecule has 1 aliphatic carbocycles. The van der Waals surface area contributed by atoms with Crippen LogP contribution >= 0.6 is 7.82 Å². The van der Waals surface area contributed by atoms with Gasteiger partial charge >= 0.3 is 37.9 Å². The highest BCUT2D eigenvalue weighted by atomic mass is 31.2. The number of aliphatic hydroxyl groups is 1. The molecule has 0 spiro atoms. The summed E-state index contributed by atoms with van der Waals surface area (Å²) in [7, 11) is -5.26. The number of phosphoric acid groups is 1. The number of hydrogen-bond acceptors (Lipinski definition) is 18. The molecule has 2 unspecified atom stereocenters. The molecule has 2 aliphatic rings. The van der Waals surface area contributed by atoms with E-state index in [4.69, 9.17) is 46.7 Å². The van der Waals surface area contributed by atoms with Crippen LogP contribution in [0.3, 0.4) is 0 Å². The summed E-state index contributed by atoms with van der Waals surface area (Å²) < 4.78 is 82.0. The molecule has 21 nitrogen and oxygen atoms in total. The molecule has 0 bridgehead atoms. The number of aromatic nitrogens is 2. The van der Waals surface area contributed by atoms with E-state index in [1.54, 1.807) is 20.8 Å². The number of halogens is 1. The van der Waals surface area contributed by atoms with Crippen LogP contribution in [0.25, 0.3) is 0 Å². The van der Waals surface area contributed by atoms with Gasteiger partial charge in [0, 0.05) is 12.3 Å². The van der Waals surface area contributed by atoms with E-state index in [0.717, 1.165) is 19.2 Å². The number of nitrogens with one attached hydrogen (secondary N) is 2. The van der Waals surface area contributed by atoms with E-state index < -0.39 is 123 Å². The van der Waals surface area contributed by atoms with E-state index in [0.29, 0.717) is 4.57 Å². The van der Waals surface area contributed by atoms with Crippen molar-refractivity contribution in [1.82, 2.24) is 14.9 Å². The summed E-state index contributed by atoms with van der Waals surface area (Å²) in [4.78, 5) is 77.1. The second-order valence-corrected chi connectivity index (χ2v) is 15.9. The number of esters is 1. The first kappa shape index (κ1) is 44.3. The third kappa shape index (κ3) is 9.77. The van der Waals surface area contributed by atoms with E-state index in [9.17, 15) is 38.4 Å². The molecule has 23 heteroatoms. The summed E-state index contributed by atoms with van der Waals surface area (Å²) in [5, 5.41) is 14.5. The van der Waals surface area contributed by atoms with Gasteiger partial charge in [0.1, 0.15) is 18.3 Å². The lowest BCUT2D eigenvalue weighted by Crippen LogP contribution is -2.56. The smallest absolute Gasteiger partial charge is 0.448 e. The van der Waals surface area contributed by atoms with Crippen molar-refractivity contribution < 1.29 is 80.0 Å². The van der Waals surface area contributed by atoms with Gasteiger partial charge in [-0.2, -0.15) is 0 Å². The molecule has 1 saturated heterocycles. The van der Waals surface area contributed by atoms with Gasteiger partial charge < -0.3 is 43.6 Å². The highest BCUT2D eigenvalue weighted by Crippen LogP contribution is 2.73. The molecule has 0 radical (unpaired) electrons. The summed E-state index contributed by atoms with van der Waals surface area (Å²) in [5.41, 5.74) is -11.0. The number of carbonyl (C=O) groups is 4. The van der Waals surface area contributed by atoms with Crippen molar-refractivity contribution in [3.8, 4) is 0 Å². The molecule has 1 aromatic heterocycles. The number of H-pyrrole nitrogens is 1. The van der Waals surface area contributed by atoms with Crippen molar-refractivity contribution in [3.63, 3.8) is 0 Å². The molecule has 3 rings (SSSR count). The molecule has 3 N–H and O–H groups in total. The summed E-state index contributed by atoms with van der Waals surface area (Å²) in [6.45, 7) is 10.7. The topological polar surface area (TPSA) is 265 Å². The molecule has 1 aromatic rings. The molecule has 1 amide bonds. The van der Waals surface area contributed by atoms with Crippen molar-refractivity contribution in [2.45, 2.75) is 122 Å². The number of aromatic amines is 1. The maximum Gasteiger partial charge on any atom is 0.510 e. The van der Waals surface area contributed by atoms with Crippen LogP contribution in [0.4, 0.5) is 18.8 Å². The fraction of sp³-hybridized carbons (Fsp3) is 0.742. The number of phosphoric ester groups is 1. The number of carbonyl (C=O) groups excluding carboxylic acids is 4. The molecule has 0 aromatic carbocycles. The van der Waals surface area contributed by atoms with Gasteiger partial charge in [0.15, 0.2) is 23.5 Å². The number of rotatable bonds is 16. The fourth-order valence-electron chi connectivity index (χ4n) is 5.44. The van der Waals surface area contributed by atoms with Crippen molar-refractivity contribution in [3.05, 3.63) is 33.1 Å². The number of fused-ring (bicyclic) bond motifs is 1. The van der Waals surface area contributed by atoms with Crippen LogP contribution in [0.1, 0.15) is 75.5 Å². The van der Waals surface area contributed by atoms with Gasteiger partial charge in [0.2, 0.25) is 19.2 Å². The Morgan fingerprint density at radius 1 is 1.02 bits per heavy atom. The first-order valence-electron chi connectivity index (χ1n) is 16.6. The molecule has 6 atom stereocenters. The Kier molecular flexibility index (Phi) is 13.7. The van der Waals surface area contributed by atoms with Gasteiger partial charge in [-0.15, -0.1) is 0 Å². The van der Waals surface area contributed by atoms with Crippen LogP contribution in [0, 0.1) is 5.92 Å². The molecular formula is C31H47FN3O18P. The zero-order valence-electron chi connectivity index (χ0n) is 31.4. The van der Waals surface area contributed by atoms with E-state index in [-0.39, 0.29) is 0 Å². The average Bonchev–Trinajstić information content (AvgIpc) is 3.47. The highest BCUT2D eigenvalue weighted by molar-refractivity contribution is 7.48. The Morgan fingerprint density at radius 2 is 1.56 bits per heavy atom. The molecule has 306 valence electrons. The van der Waals surface area contributed by atoms with Gasteiger partial charge in [-0.1, -0.05) is 13.8 Å². The third-order valence-electron chi connectivity index (χ3n) is 7.72. The Morgan fingerprint density at radius 3 is 2.00 bits per heavy atom. The van der Waals surface area contributed by atoms with Gasteiger partial charge in [-0.25, -0.2) is 42.0 Å². The van der Waals surface area contributed by atoms with E-state index in [1.165, 1.54) is 41.5 Å². The lowest BCUT2D eigenvalue weighted by molar-refractivity contribution is -0.191. The second kappa shape index (κ2) is 16.7. The zero-order valence-corrected chi connectivity index (χ0v) is 32.3. The maximum absolute atomic E-state index is 15.5. The number of nitrogens with zero attached hydrogens (tertiary/aromatic N) is 1. The van der Waals surface area contributed by atoms with Gasteiger partial charge in [0.05, 0.1) is 12.2 Å². The third-order valence-corrected chi connectivity index (χ3v) is 9.04. The van der Waals surface area contributed by atoms with Gasteiger partial charge in [0.25, 0.3) is 5.56 Å². The Balaban J connectivity index is 2.08. The first-order valence-corrected chi connectivity index (χ1v) is 18.0. The van der Waals surface area contributed by atoms with Crippen LogP contribution in [-0.4, -0.2) is 106 Å². The van der Waals surface area contributed by atoms with Crippen LogP contribution in [0.2, 0.25) is 0 Å². The highest BCUT2D eigenvalue weighted by Gasteiger charge is 2.96. The van der Waals surface area contributed by atoms with Gasteiger partial charge in [-0.3, -0.25) is 18.9 Å². The summed E-state index contributed by atoms with van der Waals surface area (Å²) in [6, 6.07) is -0.637. The minimum absolute atomic E-state index is 0.635. The monoisotopic (exact) mass is 799 g/mol. The zero-order chi connectivity index (χ0) is 41.0. The molecule has 1 saturated carbocycles. The quantitative estimate of drug-likeness (QED) is 0.0939. The maximum atomic E-state index is 15.5. The van der Waals surface area contributed by atoms with Crippen LogP contribution in [0.15, 0.2) is 21.9 Å². The molecule has 2 fully saturated rings. The van der Waals surface area contributed by atoms with E-state index >= 15 is 4.39 Å². The lowest BCUT2D eigenvalue weighted by Gasteiger charge is -2.36. The Bertz CT molecular complexity index is 1670. The van der Waals surface area contributed by atoms with E-state index in [2.05, 4.69) is 5.32 Å². The largest absolute Gasteiger partial charge is 0.510 e. The molecule has 1 aliphatic heterocycles. The number of amides is 1. The Hall–Kier alpha value is -4.08. The van der Waals surface area contributed by atoms with E-state index in [1.807, 2.05) is 4.98 Å². The first-order chi connectivity index (χ1) is 24.8. The number of alkyl carbamates (subject to hydrolysis) is 1. The van der Waals surface area contributed by atoms with Gasteiger partial charge in [-0.05, 0) is 61.3 Å². The van der Waals surface area contributed by atoms with Crippen LogP contribution in [0.5, 0.6) is 0 Å². The summed E-state index contributed by atoms with van der Waals surface area (Å²) >= 11 is 0. The lowest BCUT2D eigenvalue weighted by atomic mass is 9.93. The fourth-order valence-corrected chi connectivity index (χ4v) is 6.58. The normalized spacial score (nSPS) is 25.5. The summed E-state index contributed by atoms with van der Waals surface area (Å²) in [5.74, 6) is -2.03. The number of alkyl halides is 1. The molecule has 2 heterocycles. The Labute approximate surface area is 308 Å². The SMILES string of the molecule is CC(C)OC(=O)OCOP(=O)(OCOC(=O)OC(C)C)OC1C2(CF)O[C@@H](n3ccc(=O)[nH]c3=O)[C@](C)(O)[C@@]12OC(=O)[C@H](NC(=O)OC(C)(C)C)C(C)C. The second-order valence-electron chi connectivity index (χ2n) is 14.2. The van der Waals surface area contributed by atoms with Crippen molar-refractivity contribution >= 4 is 32.2 Å². The predicted octanol–water partition coefficient (Wildman–Crippen LogP) is 2.93. The van der Waals surface area contributed by atoms with Crippen molar-refractivity contribution in [1.29, 1.82) is 0 Å². The minimum Gasteiger partial charge on any atom is -0.448 e. The average molecular weight is 800 g/mol. The van der Waals surface area contributed by atoms with Crippen molar-refractivity contribution in [2.75, 3.05) is 20.3 Å². The number of hydrogen-bond donors (Lipinski definition) is 3. The molecule has 54 heavy (non-hydrogen) atoms.